The molecule has 0 fully saturated rings. The van der Waals surface area contributed by atoms with E-state index in [2.05, 4.69) is 60.3 Å². The van der Waals surface area contributed by atoms with E-state index in [4.69, 9.17) is 11.6 Å². The molecule has 114 valence electrons. The van der Waals surface area contributed by atoms with E-state index in [1.54, 1.807) is 0 Å². The van der Waals surface area contributed by atoms with Crippen molar-refractivity contribution in [3.63, 3.8) is 0 Å². The van der Waals surface area contributed by atoms with E-state index in [0.717, 1.165) is 23.7 Å². The van der Waals surface area contributed by atoms with Crippen LogP contribution in [-0.4, -0.2) is 4.57 Å². The number of hydrogen-bond donors (Lipinski definition) is 1. The van der Waals surface area contributed by atoms with Gasteiger partial charge in [-0.05, 0) is 37.1 Å². The van der Waals surface area contributed by atoms with Crippen LogP contribution in [0.3, 0.4) is 0 Å². The third kappa shape index (κ3) is 3.03. The molecule has 0 spiro atoms. The van der Waals surface area contributed by atoms with E-state index >= 15 is 0 Å². The quantitative estimate of drug-likeness (QED) is 0.688. The lowest BCUT2D eigenvalue weighted by Gasteiger charge is -2.08. The minimum absolute atomic E-state index is 0.460. The summed E-state index contributed by atoms with van der Waals surface area (Å²) in [5, 5.41) is 5.65. The lowest BCUT2D eigenvalue weighted by atomic mass is 10.1. The second-order valence-corrected chi connectivity index (χ2v) is 6.27. The Hall–Kier alpha value is -1.77. The van der Waals surface area contributed by atoms with Crippen molar-refractivity contribution < 1.29 is 0 Å². The first-order valence-corrected chi connectivity index (χ1v) is 8.07. The van der Waals surface area contributed by atoms with Crippen molar-refractivity contribution >= 4 is 22.5 Å². The Kier molecular flexibility index (Phi) is 4.51. The molecular formula is C19H21ClN2. The molecule has 2 aromatic carbocycles. The van der Waals surface area contributed by atoms with Gasteiger partial charge in [-0.1, -0.05) is 48.0 Å². The molecule has 0 aliphatic rings. The topological polar surface area (TPSA) is 17.0 Å². The summed E-state index contributed by atoms with van der Waals surface area (Å²) >= 11 is 6.20. The van der Waals surface area contributed by atoms with E-state index in [1.807, 2.05) is 18.2 Å². The normalized spacial score (nSPS) is 11.5. The summed E-state index contributed by atoms with van der Waals surface area (Å²) in [6.07, 6.45) is 2.26. The molecule has 0 unspecified atom stereocenters. The molecule has 1 N–H and O–H groups in total. The van der Waals surface area contributed by atoms with E-state index in [-0.39, 0.29) is 0 Å². The molecule has 2 nitrogen and oxygen atoms in total. The summed E-state index contributed by atoms with van der Waals surface area (Å²) in [5.41, 5.74) is 3.76. The van der Waals surface area contributed by atoms with Crippen LogP contribution in [0.1, 0.15) is 31.0 Å². The smallest absolute Gasteiger partial charge is 0.0486 e. The van der Waals surface area contributed by atoms with Gasteiger partial charge in [0.05, 0.1) is 0 Å². The van der Waals surface area contributed by atoms with Crippen LogP contribution in [0.15, 0.2) is 54.7 Å². The van der Waals surface area contributed by atoms with Gasteiger partial charge in [-0.3, -0.25) is 0 Å². The van der Waals surface area contributed by atoms with E-state index in [9.17, 15) is 0 Å². The average molecular weight is 313 g/mol. The Morgan fingerprint density at radius 3 is 2.41 bits per heavy atom. The minimum atomic E-state index is 0.460. The number of fused-ring (bicyclic) bond motifs is 1. The lowest BCUT2D eigenvalue weighted by molar-refractivity contribution is 0.616. The molecule has 0 aliphatic carbocycles. The van der Waals surface area contributed by atoms with Crippen molar-refractivity contribution in [2.45, 2.75) is 33.0 Å². The second kappa shape index (κ2) is 6.55. The highest BCUT2D eigenvalue weighted by molar-refractivity contribution is 6.31. The molecular weight excluding hydrogens is 292 g/mol. The standard InChI is InChI=1S/C19H21ClN2/c1-14(2)22-13-16(17-8-4-6-10-19(17)22)12-21-11-15-7-3-5-9-18(15)20/h3-10,13-14,21H,11-12H2,1-2H3. The van der Waals surface area contributed by atoms with Gasteiger partial charge in [-0.2, -0.15) is 0 Å². The van der Waals surface area contributed by atoms with Crippen LogP contribution in [0.4, 0.5) is 0 Å². The summed E-state index contributed by atoms with van der Waals surface area (Å²) < 4.78 is 2.34. The van der Waals surface area contributed by atoms with Crippen LogP contribution in [0.5, 0.6) is 0 Å². The van der Waals surface area contributed by atoms with Gasteiger partial charge in [0, 0.05) is 41.3 Å². The van der Waals surface area contributed by atoms with Crippen LogP contribution < -0.4 is 5.32 Å². The van der Waals surface area contributed by atoms with Crippen LogP contribution >= 0.6 is 11.6 Å². The number of nitrogens with one attached hydrogen (secondary N) is 1. The number of para-hydroxylation sites is 1. The second-order valence-electron chi connectivity index (χ2n) is 5.87. The van der Waals surface area contributed by atoms with Crippen LogP contribution in [0.2, 0.25) is 5.02 Å². The predicted molar refractivity (Wildman–Crippen MR) is 94.3 cm³/mol. The molecule has 3 aromatic rings. The maximum atomic E-state index is 6.20. The predicted octanol–water partition coefficient (Wildman–Crippen LogP) is 5.17. The largest absolute Gasteiger partial charge is 0.345 e. The van der Waals surface area contributed by atoms with Crippen molar-refractivity contribution in [2.75, 3.05) is 0 Å². The first-order chi connectivity index (χ1) is 10.7. The van der Waals surface area contributed by atoms with E-state index in [1.165, 1.54) is 16.5 Å². The van der Waals surface area contributed by atoms with E-state index in [0.29, 0.717) is 6.04 Å². The zero-order valence-corrected chi connectivity index (χ0v) is 13.8. The molecule has 0 aliphatic heterocycles. The fourth-order valence-electron chi connectivity index (χ4n) is 2.82. The van der Waals surface area contributed by atoms with E-state index < -0.39 is 0 Å². The Morgan fingerprint density at radius 1 is 0.955 bits per heavy atom. The SMILES string of the molecule is CC(C)n1cc(CNCc2ccccc2Cl)c2ccccc21. The van der Waals surface area contributed by atoms with Gasteiger partial charge in [0.15, 0.2) is 0 Å². The third-order valence-corrected chi connectivity index (χ3v) is 4.34. The van der Waals surface area contributed by atoms with Crippen molar-refractivity contribution in [3.05, 3.63) is 70.9 Å². The number of nitrogens with zero attached hydrogens (tertiary/aromatic N) is 1. The summed E-state index contributed by atoms with van der Waals surface area (Å²) in [6.45, 7) is 6.05. The van der Waals surface area contributed by atoms with Gasteiger partial charge in [-0.15, -0.1) is 0 Å². The number of halogens is 1. The maximum Gasteiger partial charge on any atom is 0.0486 e. The highest BCUT2D eigenvalue weighted by atomic mass is 35.5. The highest BCUT2D eigenvalue weighted by Crippen LogP contribution is 2.24. The fraction of sp³-hybridized carbons (Fsp3) is 0.263. The zero-order chi connectivity index (χ0) is 15.5. The van der Waals surface area contributed by atoms with Crippen LogP contribution in [0.25, 0.3) is 10.9 Å². The lowest BCUT2D eigenvalue weighted by Crippen LogP contribution is -2.12. The number of hydrogen-bond acceptors (Lipinski definition) is 1. The number of aromatic nitrogens is 1. The average Bonchev–Trinajstić information content (AvgIpc) is 2.89. The third-order valence-electron chi connectivity index (χ3n) is 3.97. The molecule has 1 heterocycles. The Morgan fingerprint density at radius 2 is 1.64 bits per heavy atom. The highest BCUT2D eigenvalue weighted by Gasteiger charge is 2.09. The number of rotatable bonds is 5. The van der Waals surface area contributed by atoms with Gasteiger partial charge >= 0.3 is 0 Å². The minimum Gasteiger partial charge on any atom is -0.345 e. The monoisotopic (exact) mass is 312 g/mol. The first kappa shape index (κ1) is 15.1. The molecule has 0 saturated heterocycles. The van der Waals surface area contributed by atoms with Gasteiger partial charge in [-0.25, -0.2) is 0 Å². The van der Waals surface area contributed by atoms with Crippen LogP contribution in [-0.2, 0) is 13.1 Å². The molecule has 22 heavy (non-hydrogen) atoms. The molecule has 1 aromatic heterocycles. The van der Waals surface area contributed by atoms with Crippen molar-refractivity contribution in [1.82, 2.24) is 9.88 Å². The maximum absolute atomic E-state index is 6.20. The molecule has 0 radical (unpaired) electrons. The molecule has 0 saturated carbocycles. The molecule has 0 atom stereocenters. The van der Waals surface area contributed by atoms with Crippen LogP contribution in [0, 0.1) is 0 Å². The summed E-state index contributed by atoms with van der Waals surface area (Å²) in [6, 6.07) is 17.0. The Bertz CT molecular complexity index is 774. The molecule has 3 heteroatoms. The van der Waals surface area contributed by atoms with Gasteiger partial charge in [0.1, 0.15) is 0 Å². The van der Waals surface area contributed by atoms with Gasteiger partial charge in [0.2, 0.25) is 0 Å². The Balaban J connectivity index is 1.78. The summed E-state index contributed by atoms with van der Waals surface area (Å²) in [7, 11) is 0. The first-order valence-electron chi connectivity index (χ1n) is 7.69. The molecule has 0 amide bonds. The number of benzene rings is 2. The molecule has 0 bridgehead atoms. The fourth-order valence-corrected chi connectivity index (χ4v) is 3.02. The Labute approximate surface area is 136 Å². The van der Waals surface area contributed by atoms with Gasteiger partial charge in [0.25, 0.3) is 0 Å². The summed E-state index contributed by atoms with van der Waals surface area (Å²) in [4.78, 5) is 0. The summed E-state index contributed by atoms with van der Waals surface area (Å²) in [5.74, 6) is 0. The van der Waals surface area contributed by atoms with Crippen molar-refractivity contribution in [1.29, 1.82) is 0 Å². The molecule has 3 rings (SSSR count). The van der Waals surface area contributed by atoms with Crippen molar-refractivity contribution in [2.24, 2.45) is 0 Å². The zero-order valence-electron chi connectivity index (χ0n) is 13.0. The van der Waals surface area contributed by atoms with Gasteiger partial charge < -0.3 is 9.88 Å². The van der Waals surface area contributed by atoms with Crippen molar-refractivity contribution in [3.8, 4) is 0 Å².